The van der Waals surface area contributed by atoms with E-state index in [1.54, 1.807) is 0 Å². The van der Waals surface area contributed by atoms with E-state index >= 15 is 0 Å². The van der Waals surface area contributed by atoms with Crippen LogP contribution in [0.5, 0.6) is 0 Å². The number of aromatic amines is 2. The molecule has 0 radical (unpaired) electrons. The highest BCUT2D eigenvalue weighted by Crippen LogP contribution is 2.10. The molecule has 0 spiro atoms. The van der Waals surface area contributed by atoms with Gasteiger partial charge in [-0.1, -0.05) is 13.3 Å². The van der Waals surface area contributed by atoms with E-state index in [1.165, 1.54) is 0 Å². The zero-order valence-electron chi connectivity index (χ0n) is 9.95. The number of anilines is 1. The lowest BCUT2D eigenvalue weighted by molar-refractivity contribution is 0.472. The molecule has 7 heteroatoms. The first-order chi connectivity index (χ1) is 8.17. The molecule has 1 aromatic heterocycles. The van der Waals surface area contributed by atoms with Gasteiger partial charge in [0.1, 0.15) is 0 Å². The highest BCUT2D eigenvalue weighted by Gasteiger charge is 2.08. The fourth-order valence-corrected chi connectivity index (χ4v) is 1.70. The average Bonchev–Trinajstić information content (AvgIpc) is 2.28. The maximum Gasteiger partial charge on any atom is 0.342 e. The zero-order valence-corrected chi connectivity index (χ0v) is 9.95. The highest BCUT2D eigenvalue weighted by atomic mass is 16.2. The van der Waals surface area contributed by atoms with Crippen LogP contribution in [0.15, 0.2) is 9.59 Å². The van der Waals surface area contributed by atoms with Crippen LogP contribution in [-0.4, -0.2) is 28.3 Å². The minimum atomic E-state index is -0.604. The maximum absolute atomic E-state index is 11.3. The van der Waals surface area contributed by atoms with E-state index in [0.717, 1.165) is 19.3 Å². The fraction of sp³-hybridized carbons (Fsp3) is 0.700. The lowest BCUT2D eigenvalue weighted by Crippen LogP contribution is -2.29. The zero-order chi connectivity index (χ0) is 12.7. The van der Waals surface area contributed by atoms with Crippen LogP contribution < -0.4 is 22.3 Å². The summed E-state index contributed by atoms with van der Waals surface area (Å²) in [6.07, 6.45) is 3.02. The van der Waals surface area contributed by atoms with Crippen molar-refractivity contribution in [3.05, 3.63) is 20.8 Å². The second-order valence-electron chi connectivity index (χ2n) is 3.97. The summed E-state index contributed by atoms with van der Waals surface area (Å²) in [6, 6.07) is 0. The van der Waals surface area contributed by atoms with Gasteiger partial charge in [0.25, 0.3) is 5.56 Å². The van der Waals surface area contributed by atoms with Crippen LogP contribution in [0.1, 0.15) is 26.2 Å². The number of hydrogen-bond acceptors (Lipinski definition) is 5. The molecule has 5 N–H and O–H groups in total. The molecule has 0 aliphatic heterocycles. The van der Waals surface area contributed by atoms with E-state index in [-0.39, 0.29) is 5.82 Å². The van der Waals surface area contributed by atoms with Crippen LogP contribution in [0.3, 0.4) is 0 Å². The van der Waals surface area contributed by atoms with E-state index in [1.807, 2.05) is 0 Å². The normalized spacial score (nSPS) is 12.4. The van der Waals surface area contributed by atoms with E-state index in [0.29, 0.717) is 19.0 Å². The van der Waals surface area contributed by atoms with Gasteiger partial charge in [-0.05, 0) is 25.3 Å². The summed E-state index contributed by atoms with van der Waals surface area (Å²) < 4.78 is 0. The third-order valence-corrected chi connectivity index (χ3v) is 2.54. The molecule has 0 saturated heterocycles. The van der Waals surface area contributed by atoms with Gasteiger partial charge in [0, 0.05) is 6.54 Å². The molecule has 0 bridgehead atoms. The molecule has 0 saturated carbocycles. The Morgan fingerprint density at radius 3 is 2.76 bits per heavy atom. The third-order valence-electron chi connectivity index (χ3n) is 2.54. The second kappa shape index (κ2) is 6.85. The molecule has 0 amide bonds. The molecule has 1 rings (SSSR count). The van der Waals surface area contributed by atoms with Crippen LogP contribution in [0, 0.1) is 5.92 Å². The van der Waals surface area contributed by atoms with Crippen LogP contribution >= 0.6 is 0 Å². The van der Waals surface area contributed by atoms with E-state index in [2.05, 4.69) is 27.4 Å². The van der Waals surface area contributed by atoms with Crippen LogP contribution in [0.2, 0.25) is 0 Å². The number of nitrogens with two attached hydrogens (primary N) is 1. The Kier molecular flexibility index (Phi) is 5.41. The Morgan fingerprint density at radius 2 is 2.18 bits per heavy atom. The highest BCUT2D eigenvalue weighted by molar-refractivity contribution is 5.28. The van der Waals surface area contributed by atoms with Crippen molar-refractivity contribution in [2.24, 2.45) is 11.7 Å². The Morgan fingerprint density at radius 1 is 1.41 bits per heavy atom. The predicted octanol–water partition coefficient (Wildman–Crippen LogP) is -0.365. The fourth-order valence-electron chi connectivity index (χ4n) is 1.70. The maximum atomic E-state index is 11.3. The Balaban J connectivity index is 2.58. The summed E-state index contributed by atoms with van der Waals surface area (Å²) >= 11 is 0. The number of nitrogens with zero attached hydrogens (tertiary/aromatic N) is 1. The second-order valence-corrected chi connectivity index (χ2v) is 3.97. The Hall–Kier alpha value is -1.63. The van der Waals surface area contributed by atoms with Crippen LogP contribution in [0.25, 0.3) is 0 Å². The van der Waals surface area contributed by atoms with Crippen molar-refractivity contribution in [3.63, 3.8) is 0 Å². The number of hydrogen-bond donors (Lipinski definition) is 4. The van der Waals surface area contributed by atoms with E-state index in [4.69, 9.17) is 5.73 Å². The third kappa shape index (κ3) is 4.39. The standard InChI is InChI=1S/C10H19N5O2/c1-2-3-7(4-5-11)6-12-8-9(16)13-10(17)15-14-8/h7H,2-6,11H2,1H3,(H,12,14)(H2,13,15,16,17). The van der Waals surface area contributed by atoms with Gasteiger partial charge in [0.2, 0.25) is 5.82 Å². The molecule has 1 atom stereocenters. The van der Waals surface area contributed by atoms with Gasteiger partial charge in [-0.25, -0.2) is 9.89 Å². The lowest BCUT2D eigenvalue weighted by atomic mass is 10.00. The summed E-state index contributed by atoms with van der Waals surface area (Å²) in [4.78, 5) is 24.2. The monoisotopic (exact) mass is 241 g/mol. The number of rotatable bonds is 7. The summed E-state index contributed by atoms with van der Waals surface area (Å²) in [5.74, 6) is 0.556. The molecule has 17 heavy (non-hydrogen) atoms. The van der Waals surface area contributed by atoms with Gasteiger partial charge in [-0.2, -0.15) is 0 Å². The van der Waals surface area contributed by atoms with Gasteiger partial charge in [0.05, 0.1) is 0 Å². The molecule has 7 nitrogen and oxygen atoms in total. The smallest absolute Gasteiger partial charge is 0.342 e. The van der Waals surface area contributed by atoms with Crippen molar-refractivity contribution in [1.29, 1.82) is 0 Å². The summed E-state index contributed by atoms with van der Waals surface area (Å²) in [6.45, 7) is 3.36. The van der Waals surface area contributed by atoms with Gasteiger partial charge in [0.15, 0.2) is 0 Å². The van der Waals surface area contributed by atoms with Crippen LogP contribution in [-0.2, 0) is 0 Å². The summed E-state index contributed by atoms with van der Waals surface area (Å²) in [5, 5.41) is 8.76. The predicted molar refractivity (Wildman–Crippen MR) is 66.0 cm³/mol. The topological polar surface area (TPSA) is 117 Å². The molecular formula is C10H19N5O2. The number of aromatic nitrogens is 3. The van der Waals surface area contributed by atoms with Crippen molar-refractivity contribution in [3.8, 4) is 0 Å². The minimum absolute atomic E-state index is 0.141. The SMILES string of the molecule is CCCC(CCN)CNc1n[nH]c(=O)[nH]c1=O. The number of nitrogens with one attached hydrogen (secondary N) is 3. The van der Waals surface area contributed by atoms with Crippen molar-refractivity contribution in [1.82, 2.24) is 15.2 Å². The van der Waals surface area contributed by atoms with Crippen molar-refractivity contribution >= 4 is 5.82 Å². The van der Waals surface area contributed by atoms with Gasteiger partial charge in [-0.3, -0.25) is 9.78 Å². The minimum Gasteiger partial charge on any atom is -0.364 e. The Labute approximate surface area is 98.8 Å². The van der Waals surface area contributed by atoms with Gasteiger partial charge >= 0.3 is 5.69 Å². The van der Waals surface area contributed by atoms with Crippen molar-refractivity contribution in [2.45, 2.75) is 26.2 Å². The van der Waals surface area contributed by atoms with Gasteiger partial charge in [-0.15, -0.1) is 5.10 Å². The molecule has 1 unspecified atom stereocenters. The summed E-state index contributed by atoms with van der Waals surface area (Å²) in [5.41, 5.74) is 4.41. The molecule has 0 aromatic carbocycles. The van der Waals surface area contributed by atoms with Crippen molar-refractivity contribution in [2.75, 3.05) is 18.4 Å². The number of H-pyrrole nitrogens is 2. The molecule has 0 aliphatic rings. The molecule has 0 fully saturated rings. The van der Waals surface area contributed by atoms with E-state index < -0.39 is 11.2 Å². The quantitative estimate of drug-likeness (QED) is 0.520. The van der Waals surface area contributed by atoms with Crippen LogP contribution in [0.4, 0.5) is 5.82 Å². The lowest BCUT2D eigenvalue weighted by Gasteiger charge is -2.15. The Bertz CT molecular complexity index is 433. The van der Waals surface area contributed by atoms with Crippen molar-refractivity contribution < 1.29 is 0 Å². The van der Waals surface area contributed by atoms with E-state index in [9.17, 15) is 9.59 Å². The molecule has 0 aliphatic carbocycles. The first-order valence-electron chi connectivity index (χ1n) is 5.80. The largest absolute Gasteiger partial charge is 0.364 e. The summed E-state index contributed by atoms with van der Waals surface area (Å²) in [7, 11) is 0. The molecular weight excluding hydrogens is 222 g/mol. The molecule has 1 aromatic rings. The molecule has 1 heterocycles. The first kappa shape index (κ1) is 13.4. The first-order valence-corrected chi connectivity index (χ1v) is 5.80. The van der Waals surface area contributed by atoms with Gasteiger partial charge < -0.3 is 11.1 Å². The molecule has 96 valence electrons. The average molecular weight is 241 g/mol.